The molecule has 0 amide bonds. The van der Waals surface area contributed by atoms with E-state index in [1.165, 1.54) is 18.9 Å². The molecular formula is C14H18ClFN2. The first-order chi connectivity index (χ1) is 8.63. The summed E-state index contributed by atoms with van der Waals surface area (Å²) in [6.45, 7) is 0.686. The van der Waals surface area contributed by atoms with Crippen LogP contribution in [0, 0.1) is 5.82 Å². The van der Waals surface area contributed by atoms with Gasteiger partial charge in [0.25, 0.3) is 0 Å². The minimum Gasteiger partial charge on any atom is -0.328 e. The molecule has 1 aromatic carbocycles. The maximum absolute atomic E-state index is 13.8. The maximum atomic E-state index is 13.8. The molecule has 98 valence electrons. The van der Waals surface area contributed by atoms with Gasteiger partial charge in [0.15, 0.2) is 0 Å². The maximum Gasteiger partial charge on any atom is 0.129 e. The molecule has 2 heterocycles. The molecule has 2 fully saturated rings. The van der Waals surface area contributed by atoms with E-state index in [9.17, 15) is 4.39 Å². The third-order valence-electron chi connectivity index (χ3n) is 4.29. The van der Waals surface area contributed by atoms with E-state index in [-0.39, 0.29) is 5.82 Å². The fourth-order valence-electron chi connectivity index (χ4n) is 3.42. The molecular weight excluding hydrogens is 251 g/mol. The lowest BCUT2D eigenvalue weighted by Gasteiger charge is -2.37. The topological polar surface area (TPSA) is 29.3 Å². The van der Waals surface area contributed by atoms with Crippen molar-refractivity contribution in [3.8, 4) is 0 Å². The molecule has 0 spiro atoms. The number of hydrogen-bond acceptors (Lipinski definition) is 2. The summed E-state index contributed by atoms with van der Waals surface area (Å²) in [6, 6.07) is 6.36. The largest absolute Gasteiger partial charge is 0.328 e. The second-order valence-electron chi connectivity index (χ2n) is 5.52. The summed E-state index contributed by atoms with van der Waals surface area (Å²) < 4.78 is 13.8. The van der Waals surface area contributed by atoms with E-state index in [0.717, 1.165) is 18.4 Å². The first-order valence-electron chi connectivity index (χ1n) is 6.59. The molecule has 0 aromatic heterocycles. The van der Waals surface area contributed by atoms with Crippen LogP contribution >= 0.6 is 11.6 Å². The molecule has 2 aliphatic heterocycles. The van der Waals surface area contributed by atoms with Crippen LogP contribution in [0.25, 0.3) is 0 Å². The normalized spacial score (nSPS) is 31.8. The van der Waals surface area contributed by atoms with Gasteiger partial charge < -0.3 is 5.73 Å². The lowest BCUT2D eigenvalue weighted by atomic mass is 9.97. The molecule has 2 bridgehead atoms. The highest BCUT2D eigenvalue weighted by atomic mass is 35.5. The van der Waals surface area contributed by atoms with Crippen LogP contribution in [-0.2, 0) is 6.54 Å². The Labute approximate surface area is 112 Å². The number of rotatable bonds is 2. The van der Waals surface area contributed by atoms with Gasteiger partial charge in [-0.2, -0.15) is 0 Å². The zero-order chi connectivity index (χ0) is 12.7. The first kappa shape index (κ1) is 12.4. The smallest absolute Gasteiger partial charge is 0.129 e. The summed E-state index contributed by atoms with van der Waals surface area (Å²) in [6.07, 6.45) is 4.50. The molecule has 2 N–H and O–H groups in total. The standard InChI is InChI=1S/C14H18ClFN2/c15-10-2-1-9(14(16)5-10)8-18-12-3-4-13(18)7-11(17)6-12/h1-2,5,11-13H,3-4,6-8,17H2. The van der Waals surface area contributed by atoms with Gasteiger partial charge in [0.2, 0.25) is 0 Å². The summed E-state index contributed by atoms with van der Waals surface area (Å²) in [7, 11) is 0. The van der Waals surface area contributed by atoms with Crippen molar-refractivity contribution in [2.24, 2.45) is 5.73 Å². The lowest BCUT2D eigenvalue weighted by molar-refractivity contribution is 0.118. The van der Waals surface area contributed by atoms with Gasteiger partial charge in [-0.3, -0.25) is 4.90 Å². The minimum absolute atomic E-state index is 0.197. The van der Waals surface area contributed by atoms with Crippen molar-refractivity contribution in [2.45, 2.75) is 50.4 Å². The Bertz CT molecular complexity index is 437. The number of halogens is 2. The molecule has 2 unspecified atom stereocenters. The van der Waals surface area contributed by atoms with Crippen LogP contribution in [0.5, 0.6) is 0 Å². The van der Waals surface area contributed by atoms with E-state index in [1.54, 1.807) is 12.1 Å². The van der Waals surface area contributed by atoms with Gasteiger partial charge in [-0.05, 0) is 37.8 Å². The Morgan fingerprint density at radius 2 is 1.94 bits per heavy atom. The third kappa shape index (κ3) is 2.27. The van der Waals surface area contributed by atoms with E-state index in [4.69, 9.17) is 17.3 Å². The van der Waals surface area contributed by atoms with Crippen molar-refractivity contribution in [1.82, 2.24) is 4.90 Å². The number of nitrogens with two attached hydrogens (primary N) is 1. The molecule has 2 saturated heterocycles. The number of fused-ring (bicyclic) bond motifs is 2. The summed E-state index contributed by atoms with van der Waals surface area (Å²) in [4.78, 5) is 2.43. The SMILES string of the molecule is NC1CC2CCC(C1)N2Cc1ccc(Cl)cc1F. The quantitative estimate of drug-likeness (QED) is 0.894. The Morgan fingerprint density at radius 1 is 1.28 bits per heavy atom. The van der Waals surface area contributed by atoms with Crippen LogP contribution in [0.2, 0.25) is 5.02 Å². The monoisotopic (exact) mass is 268 g/mol. The van der Waals surface area contributed by atoms with Gasteiger partial charge >= 0.3 is 0 Å². The molecule has 0 saturated carbocycles. The summed E-state index contributed by atoms with van der Waals surface area (Å²) in [5.74, 6) is -0.197. The van der Waals surface area contributed by atoms with E-state index in [1.807, 2.05) is 0 Å². The number of hydrogen-bond donors (Lipinski definition) is 1. The Balaban J connectivity index is 1.77. The summed E-state index contributed by atoms with van der Waals surface area (Å²) in [5.41, 5.74) is 6.79. The van der Waals surface area contributed by atoms with Crippen LogP contribution in [0.15, 0.2) is 18.2 Å². The lowest BCUT2D eigenvalue weighted by Crippen LogP contribution is -2.46. The predicted molar refractivity (Wildman–Crippen MR) is 71.0 cm³/mol. The van der Waals surface area contributed by atoms with Crippen LogP contribution in [0.4, 0.5) is 4.39 Å². The molecule has 0 aliphatic carbocycles. The van der Waals surface area contributed by atoms with Gasteiger partial charge in [-0.25, -0.2) is 4.39 Å². The average molecular weight is 269 g/mol. The first-order valence-corrected chi connectivity index (χ1v) is 6.96. The van der Waals surface area contributed by atoms with Gasteiger partial charge in [0.1, 0.15) is 5.82 Å². The second kappa shape index (κ2) is 4.80. The third-order valence-corrected chi connectivity index (χ3v) is 4.52. The number of benzene rings is 1. The van der Waals surface area contributed by atoms with Gasteiger partial charge in [-0.1, -0.05) is 17.7 Å². The van der Waals surface area contributed by atoms with Gasteiger partial charge in [0.05, 0.1) is 0 Å². The summed E-state index contributed by atoms with van der Waals surface area (Å²) in [5, 5.41) is 0.458. The van der Waals surface area contributed by atoms with Crippen molar-refractivity contribution in [1.29, 1.82) is 0 Å². The highest BCUT2D eigenvalue weighted by molar-refractivity contribution is 6.30. The van der Waals surface area contributed by atoms with E-state index < -0.39 is 0 Å². The fraction of sp³-hybridized carbons (Fsp3) is 0.571. The zero-order valence-electron chi connectivity index (χ0n) is 10.3. The molecule has 2 nitrogen and oxygen atoms in total. The second-order valence-corrected chi connectivity index (χ2v) is 5.96. The molecule has 2 atom stereocenters. The van der Waals surface area contributed by atoms with E-state index in [0.29, 0.717) is 29.7 Å². The zero-order valence-corrected chi connectivity index (χ0v) is 11.0. The van der Waals surface area contributed by atoms with Crippen LogP contribution in [0.3, 0.4) is 0 Å². The minimum atomic E-state index is -0.197. The van der Waals surface area contributed by atoms with E-state index in [2.05, 4.69) is 4.90 Å². The number of piperidine rings is 1. The molecule has 3 rings (SSSR count). The molecule has 2 aliphatic rings. The van der Waals surface area contributed by atoms with Crippen molar-refractivity contribution >= 4 is 11.6 Å². The average Bonchev–Trinajstić information content (AvgIpc) is 2.56. The van der Waals surface area contributed by atoms with Crippen LogP contribution in [-0.4, -0.2) is 23.0 Å². The Kier molecular flexibility index (Phi) is 3.31. The highest BCUT2D eigenvalue weighted by Gasteiger charge is 2.39. The van der Waals surface area contributed by atoms with Crippen molar-refractivity contribution in [2.75, 3.05) is 0 Å². The van der Waals surface area contributed by atoms with Gasteiger partial charge in [-0.15, -0.1) is 0 Å². The van der Waals surface area contributed by atoms with Crippen molar-refractivity contribution in [3.63, 3.8) is 0 Å². The molecule has 18 heavy (non-hydrogen) atoms. The fourth-order valence-corrected chi connectivity index (χ4v) is 3.58. The van der Waals surface area contributed by atoms with Crippen LogP contribution in [0.1, 0.15) is 31.2 Å². The predicted octanol–water partition coefficient (Wildman–Crippen LogP) is 2.93. The van der Waals surface area contributed by atoms with Crippen LogP contribution < -0.4 is 5.73 Å². The molecule has 4 heteroatoms. The Morgan fingerprint density at radius 3 is 2.56 bits per heavy atom. The van der Waals surface area contributed by atoms with Crippen molar-refractivity contribution < 1.29 is 4.39 Å². The van der Waals surface area contributed by atoms with Crippen molar-refractivity contribution in [3.05, 3.63) is 34.6 Å². The number of nitrogens with zero attached hydrogens (tertiary/aromatic N) is 1. The molecule has 0 radical (unpaired) electrons. The highest BCUT2D eigenvalue weighted by Crippen LogP contribution is 2.36. The molecule has 1 aromatic rings. The van der Waals surface area contributed by atoms with Gasteiger partial charge in [0, 0.05) is 35.3 Å². The summed E-state index contributed by atoms with van der Waals surface area (Å²) >= 11 is 5.78. The van der Waals surface area contributed by atoms with E-state index >= 15 is 0 Å². The Hall–Kier alpha value is -0.640.